The van der Waals surface area contributed by atoms with Crippen molar-refractivity contribution in [1.29, 1.82) is 0 Å². The Morgan fingerprint density at radius 2 is 1.69 bits per heavy atom. The molecule has 3 rings (SSSR count). The molecule has 4 nitrogen and oxygen atoms in total. The van der Waals surface area contributed by atoms with Crippen molar-refractivity contribution >= 4 is 27.5 Å². The molecule has 0 heterocycles. The zero-order chi connectivity index (χ0) is 21.0. The Bertz CT molecular complexity index is 1040. The fourth-order valence-electron chi connectivity index (χ4n) is 3.16. The van der Waals surface area contributed by atoms with Crippen LogP contribution in [0.3, 0.4) is 0 Å². The number of fused-ring (bicyclic) bond motifs is 2. The van der Waals surface area contributed by atoms with Gasteiger partial charge in [0, 0.05) is 16.3 Å². The van der Waals surface area contributed by atoms with Gasteiger partial charge in [-0.25, -0.2) is 4.79 Å². The van der Waals surface area contributed by atoms with Crippen LogP contribution in [-0.4, -0.2) is 31.4 Å². The summed E-state index contributed by atoms with van der Waals surface area (Å²) in [5.41, 5.74) is 1.57. The van der Waals surface area contributed by atoms with E-state index >= 15 is 0 Å². The van der Waals surface area contributed by atoms with Crippen LogP contribution in [0, 0.1) is 6.92 Å². The van der Waals surface area contributed by atoms with Crippen molar-refractivity contribution < 1.29 is 19.0 Å². The van der Waals surface area contributed by atoms with E-state index in [2.05, 4.69) is 49.9 Å². The van der Waals surface area contributed by atoms with Gasteiger partial charge >= 0.3 is 5.97 Å². The molecule has 0 radical (unpaired) electrons. The van der Waals surface area contributed by atoms with Gasteiger partial charge in [0.1, 0.15) is 18.5 Å². The van der Waals surface area contributed by atoms with E-state index in [0.717, 1.165) is 27.3 Å². The summed E-state index contributed by atoms with van der Waals surface area (Å²) in [6.07, 6.45) is -0.498. The molecule has 3 aromatic carbocycles. The van der Waals surface area contributed by atoms with Gasteiger partial charge in [0.15, 0.2) is 0 Å². The minimum atomic E-state index is -0.400. The maximum Gasteiger partial charge on any atom is 0.333 e. The molecule has 0 aliphatic carbocycles. The van der Waals surface area contributed by atoms with Gasteiger partial charge in [-0.05, 0) is 50.6 Å². The lowest BCUT2D eigenvalue weighted by molar-refractivity contribution is -0.147. The molecule has 0 N–H and O–H groups in total. The van der Waals surface area contributed by atoms with E-state index < -0.39 is 5.97 Å². The quantitative estimate of drug-likeness (QED) is 0.285. The highest BCUT2D eigenvalue weighted by Gasteiger charge is 2.14. The zero-order valence-corrected chi connectivity index (χ0v) is 17.5. The second-order valence-electron chi connectivity index (χ2n) is 7.60. The average molecular weight is 392 g/mol. The number of rotatable bonds is 8. The Kier molecular flexibility index (Phi) is 6.55. The van der Waals surface area contributed by atoms with E-state index in [1.54, 1.807) is 13.8 Å². The summed E-state index contributed by atoms with van der Waals surface area (Å²) < 4.78 is 17.3. The maximum atomic E-state index is 11.6. The molecular formula is C25H28O4. The summed E-state index contributed by atoms with van der Waals surface area (Å²) >= 11 is 0. The smallest absolute Gasteiger partial charge is 0.333 e. The SMILES string of the molecule is C=C(C)C(=O)OC(C)COC(C)COc1c2ccccc2cc2ccc(C)cc12. The highest BCUT2D eigenvalue weighted by Crippen LogP contribution is 2.35. The molecule has 0 fully saturated rings. The lowest BCUT2D eigenvalue weighted by Crippen LogP contribution is -2.26. The monoisotopic (exact) mass is 392 g/mol. The van der Waals surface area contributed by atoms with Gasteiger partial charge in [-0.15, -0.1) is 0 Å². The number of aryl methyl sites for hydroxylation is 1. The van der Waals surface area contributed by atoms with Crippen LogP contribution < -0.4 is 4.74 Å². The second-order valence-corrected chi connectivity index (χ2v) is 7.60. The minimum absolute atomic E-state index is 0.153. The second kappa shape index (κ2) is 9.10. The molecule has 0 aromatic heterocycles. The molecule has 0 aliphatic rings. The molecule has 29 heavy (non-hydrogen) atoms. The van der Waals surface area contributed by atoms with E-state index in [9.17, 15) is 4.79 Å². The molecule has 3 aromatic rings. The van der Waals surface area contributed by atoms with Gasteiger partial charge in [0.05, 0.1) is 12.7 Å². The van der Waals surface area contributed by atoms with E-state index in [1.165, 1.54) is 5.56 Å². The lowest BCUT2D eigenvalue weighted by atomic mass is 10.0. The van der Waals surface area contributed by atoms with Gasteiger partial charge in [0.2, 0.25) is 0 Å². The Morgan fingerprint density at radius 1 is 0.966 bits per heavy atom. The van der Waals surface area contributed by atoms with Gasteiger partial charge in [-0.2, -0.15) is 0 Å². The normalized spacial score (nSPS) is 13.2. The largest absolute Gasteiger partial charge is 0.490 e. The first-order chi connectivity index (χ1) is 13.8. The number of carbonyl (C=O) groups excluding carboxylic acids is 1. The molecule has 2 atom stereocenters. The van der Waals surface area contributed by atoms with Crippen molar-refractivity contribution in [3.05, 3.63) is 66.2 Å². The molecule has 4 heteroatoms. The highest BCUT2D eigenvalue weighted by molar-refractivity contribution is 6.05. The third-order valence-corrected chi connectivity index (χ3v) is 4.70. The Balaban J connectivity index is 1.71. The summed E-state index contributed by atoms with van der Waals surface area (Å²) in [4.78, 5) is 11.6. The van der Waals surface area contributed by atoms with Crippen LogP contribution >= 0.6 is 0 Å². The van der Waals surface area contributed by atoms with Crippen molar-refractivity contribution in [1.82, 2.24) is 0 Å². The van der Waals surface area contributed by atoms with Crippen molar-refractivity contribution in [3.63, 3.8) is 0 Å². The number of carbonyl (C=O) groups is 1. The fraction of sp³-hybridized carbons (Fsp3) is 0.320. The minimum Gasteiger partial charge on any atom is -0.490 e. The Hall–Kier alpha value is -2.85. The Labute approximate surface area is 172 Å². The van der Waals surface area contributed by atoms with Crippen LogP contribution in [0.25, 0.3) is 21.5 Å². The molecule has 0 amide bonds. The summed E-state index contributed by atoms with van der Waals surface area (Å²) in [5, 5.41) is 4.48. The molecule has 0 saturated heterocycles. The predicted molar refractivity (Wildman–Crippen MR) is 117 cm³/mol. The van der Waals surface area contributed by atoms with Gasteiger partial charge in [-0.3, -0.25) is 0 Å². The summed E-state index contributed by atoms with van der Waals surface area (Å²) in [7, 11) is 0. The zero-order valence-electron chi connectivity index (χ0n) is 17.5. The average Bonchev–Trinajstić information content (AvgIpc) is 2.69. The molecule has 0 aliphatic heterocycles. The van der Waals surface area contributed by atoms with Crippen LogP contribution in [0.4, 0.5) is 0 Å². The number of hydrogen-bond acceptors (Lipinski definition) is 4. The topological polar surface area (TPSA) is 44.8 Å². The van der Waals surface area contributed by atoms with Gasteiger partial charge in [-0.1, -0.05) is 48.5 Å². The number of benzene rings is 3. The molecule has 0 spiro atoms. The third-order valence-electron chi connectivity index (χ3n) is 4.70. The first-order valence-electron chi connectivity index (χ1n) is 9.88. The standard InChI is InChI=1S/C25H28O4/c1-16(2)25(26)29-19(5)15-27-18(4)14-28-24-22-9-7-6-8-20(22)13-21-11-10-17(3)12-23(21)24/h6-13,18-19H,1,14-15H2,2-5H3. The van der Waals surface area contributed by atoms with E-state index in [-0.39, 0.29) is 12.2 Å². The molecular weight excluding hydrogens is 364 g/mol. The van der Waals surface area contributed by atoms with Crippen molar-refractivity contribution in [2.45, 2.75) is 39.9 Å². The first-order valence-corrected chi connectivity index (χ1v) is 9.88. The molecule has 152 valence electrons. The fourth-order valence-corrected chi connectivity index (χ4v) is 3.16. The molecule has 2 unspecified atom stereocenters. The first kappa shape index (κ1) is 20.9. The van der Waals surface area contributed by atoms with Crippen LogP contribution in [0.5, 0.6) is 5.75 Å². The summed E-state index contributed by atoms with van der Waals surface area (Å²) in [5.74, 6) is 0.474. The number of ether oxygens (including phenoxy) is 3. The summed E-state index contributed by atoms with van der Waals surface area (Å²) in [6.45, 7) is 11.8. The van der Waals surface area contributed by atoms with Crippen LogP contribution in [0.1, 0.15) is 26.3 Å². The Morgan fingerprint density at radius 3 is 2.45 bits per heavy atom. The molecule has 0 saturated carbocycles. The van der Waals surface area contributed by atoms with Gasteiger partial charge in [0.25, 0.3) is 0 Å². The number of esters is 1. The van der Waals surface area contributed by atoms with Crippen molar-refractivity contribution in [2.24, 2.45) is 0 Å². The number of hydrogen-bond donors (Lipinski definition) is 0. The summed E-state index contributed by atoms with van der Waals surface area (Å²) in [6, 6.07) is 16.8. The van der Waals surface area contributed by atoms with Crippen molar-refractivity contribution in [3.8, 4) is 5.75 Å². The van der Waals surface area contributed by atoms with E-state index in [0.29, 0.717) is 18.8 Å². The van der Waals surface area contributed by atoms with Crippen molar-refractivity contribution in [2.75, 3.05) is 13.2 Å². The highest BCUT2D eigenvalue weighted by atomic mass is 16.6. The van der Waals surface area contributed by atoms with Gasteiger partial charge < -0.3 is 14.2 Å². The molecule has 0 bridgehead atoms. The predicted octanol–water partition coefficient (Wildman–Crippen LogP) is 5.59. The van der Waals surface area contributed by atoms with Crippen LogP contribution in [-0.2, 0) is 14.3 Å². The third kappa shape index (κ3) is 5.15. The van der Waals surface area contributed by atoms with Crippen LogP contribution in [0.2, 0.25) is 0 Å². The van der Waals surface area contributed by atoms with Crippen LogP contribution in [0.15, 0.2) is 60.7 Å². The van der Waals surface area contributed by atoms with E-state index in [1.807, 2.05) is 19.1 Å². The van der Waals surface area contributed by atoms with E-state index in [4.69, 9.17) is 14.2 Å². The maximum absolute atomic E-state index is 11.6. The lowest BCUT2D eigenvalue weighted by Gasteiger charge is -2.19.